The molecule has 0 spiro atoms. The molecule has 0 atom stereocenters. The minimum absolute atomic E-state index is 0.530. The molecule has 7 nitrogen and oxygen atoms in total. The summed E-state index contributed by atoms with van der Waals surface area (Å²) in [4.78, 5) is 4.45. The predicted molar refractivity (Wildman–Crippen MR) is 102 cm³/mol. The first-order valence-corrected chi connectivity index (χ1v) is 9.82. The van der Waals surface area contributed by atoms with Crippen LogP contribution in [-0.2, 0) is 12.2 Å². The van der Waals surface area contributed by atoms with Crippen molar-refractivity contribution in [3.05, 3.63) is 60.4 Å². The highest BCUT2D eigenvalue weighted by molar-refractivity contribution is 7.98. The molecule has 0 radical (unpaired) electrons. The maximum atomic E-state index is 5.53. The van der Waals surface area contributed by atoms with Crippen molar-refractivity contribution < 1.29 is 8.94 Å². The maximum absolute atomic E-state index is 5.53. The molecule has 0 aliphatic rings. The van der Waals surface area contributed by atoms with Crippen LogP contribution in [0.3, 0.4) is 0 Å². The molecular weight excluding hydrogens is 362 g/mol. The van der Waals surface area contributed by atoms with Gasteiger partial charge in [-0.3, -0.25) is 4.57 Å². The Morgan fingerprint density at radius 1 is 1.07 bits per heavy atom. The standard InChI is InChI=1S/C19H19N5O2S/c1-2-3-11-16-20-17(26-23-16)13-27-19-22-21-18(15-10-7-12-25-15)24(19)14-8-5-4-6-9-14/h4-10,12H,2-3,11,13H2,1H3. The topological polar surface area (TPSA) is 82.8 Å². The van der Waals surface area contributed by atoms with Gasteiger partial charge in [0.05, 0.1) is 12.0 Å². The molecule has 8 heteroatoms. The first kappa shape index (κ1) is 17.5. The summed E-state index contributed by atoms with van der Waals surface area (Å²) in [7, 11) is 0. The van der Waals surface area contributed by atoms with Crippen LogP contribution in [0.15, 0.2) is 62.8 Å². The van der Waals surface area contributed by atoms with E-state index in [4.69, 9.17) is 8.94 Å². The third-order valence-corrected chi connectivity index (χ3v) is 4.89. The predicted octanol–water partition coefficient (Wildman–Crippen LogP) is 4.55. The smallest absolute Gasteiger partial charge is 0.237 e. The van der Waals surface area contributed by atoms with Crippen LogP contribution < -0.4 is 0 Å². The quantitative estimate of drug-likeness (QED) is 0.414. The van der Waals surface area contributed by atoms with E-state index in [-0.39, 0.29) is 0 Å². The van der Waals surface area contributed by atoms with Crippen molar-refractivity contribution in [2.45, 2.75) is 37.1 Å². The summed E-state index contributed by atoms with van der Waals surface area (Å²) >= 11 is 1.50. The number of rotatable bonds is 8. The Morgan fingerprint density at radius 3 is 2.74 bits per heavy atom. The highest BCUT2D eigenvalue weighted by Gasteiger charge is 2.19. The number of benzene rings is 1. The van der Waals surface area contributed by atoms with Gasteiger partial charge in [0.2, 0.25) is 11.7 Å². The van der Waals surface area contributed by atoms with E-state index < -0.39 is 0 Å². The number of aryl methyl sites for hydroxylation is 1. The molecule has 0 aliphatic heterocycles. The van der Waals surface area contributed by atoms with E-state index in [0.717, 1.165) is 35.9 Å². The number of hydrogen-bond donors (Lipinski definition) is 0. The highest BCUT2D eigenvalue weighted by Crippen LogP contribution is 2.29. The lowest BCUT2D eigenvalue weighted by atomic mass is 10.2. The van der Waals surface area contributed by atoms with Gasteiger partial charge in [0.15, 0.2) is 16.7 Å². The van der Waals surface area contributed by atoms with Crippen molar-refractivity contribution in [2.75, 3.05) is 0 Å². The van der Waals surface area contributed by atoms with E-state index in [1.807, 2.05) is 47.0 Å². The minimum Gasteiger partial charge on any atom is -0.461 e. The molecule has 138 valence electrons. The lowest BCUT2D eigenvalue weighted by Gasteiger charge is -2.08. The van der Waals surface area contributed by atoms with Crippen LogP contribution in [0.25, 0.3) is 17.3 Å². The highest BCUT2D eigenvalue weighted by atomic mass is 32.2. The molecule has 0 saturated heterocycles. The average molecular weight is 381 g/mol. The second-order valence-corrected chi connectivity index (χ2v) is 6.89. The Bertz CT molecular complexity index is 979. The van der Waals surface area contributed by atoms with Crippen molar-refractivity contribution in [3.8, 4) is 17.3 Å². The van der Waals surface area contributed by atoms with Gasteiger partial charge in [0.1, 0.15) is 0 Å². The molecule has 0 aliphatic carbocycles. The van der Waals surface area contributed by atoms with Crippen LogP contribution in [0.4, 0.5) is 0 Å². The zero-order valence-electron chi connectivity index (χ0n) is 14.9. The molecule has 27 heavy (non-hydrogen) atoms. The minimum atomic E-state index is 0.530. The molecule has 4 aromatic rings. The van der Waals surface area contributed by atoms with Gasteiger partial charge in [-0.15, -0.1) is 10.2 Å². The summed E-state index contributed by atoms with van der Waals surface area (Å²) in [6, 6.07) is 13.7. The second-order valence-electron chi connectivity index (χ2n) is 5.95. The fraction of sp³-hybridized carbons (Fsp3) is 0.263. The van der Waals surface area contributed by atoms with Crippen molar-refractivity contribution >= 4 is 11.8 Å². The molecule has 0 fully saturated rings. The molecule has 0 N–H and O–H groups in total. The Labute approximate surface area is 160 Å². The molecule has 0 unspecified atom stereocenters. The Hall–Kier alpha value is -2.87. The molecule has 0 amide bonds. The summed E-state index contributed by atoms with van der Waals surface area (Å²) in [5.41, 5.74) is 0.963. The van der Waals surface area contributed by atoms with Crippen molar-refractivity contribution in [3.63, 3.8) is 0 Å². The van der Waals surface area contributed by atoms with Crippen LogP contribution in [0.2, 0.25) is 0 Å². The van der Waals surface area contributed by atoms with Crippen LogP contribution in [-0.4, -0.2) is 24.9 Å². The van der Waals surface area contributed by atoms with E-state index in [1.54, 1.807) is 6.26 Å². The monoisotopic (exact) mass is 381 g/mol. The van der Waals surface area contributed by atoms with Crippen LogP contribution in [0, 0.1) is 0 Å². The van der Waals surface area contributed by atoms with Gasteiger partial charge >= 0.3 is 0 Å². The van der Waals surface area contributed by atoms with Gasteiger partial charge < -0.3 is 8.94 Å². The Morgan fingerprint density at radius 2 is 1.96 bits per heavy atom. The SMILES string of the molecule is CCCCc1noc(CSc2nnc(-c3ccco3)n2-c2ccccc2)n1. The first-order valence-electron chi connectivity index (χ1n) is 8.84. The molecule has 4 rings (SSSR count). The summed E-state index contributed by atoms with van der Waals surface area (Å²) in [6.45, 7) is 2.14. The van der Waals surface area contributed by atoms with E-state index >= 15 is 0 Å². The van der Waals surface area contributed by atoms with Crippen LogP contribution in [0.5, 0.6) is 0 Å². The normalized spacial score (nSPS) is 11.1. The fourth-order valence-electron chi connectivity index (χ4n) is 2.65. The number of aromatic nitrogens is 5. The summed E-state index contributed by atoms with van der Waals surface area (Å²) in [6.07, 6.45) is 4.63. The number of nitrogens with zero attached hydrogens (tertiary/aromatic N) is 5. The Balaban J connectivity index is 1.58. The number of thioether (sulfide) groups is 1. The van der Waals surface area contributed by atoms with Crippen LogP contribution >= 0.6 is 11.8 Å². The number of furan rings is 1. The number of unbranched alkanes of at least 4 members (excludes halogenated alkanes) is 1. The lowest BCUT2D eigenvalue weighted by Crippen LogP contribution is -1.99. The zero-order valence-corrected chi connectivity index (χ0v) is 15.7. The third kappa shape index (κ3) is 3.95. The molecule has 0 bridgehead atoms. The summed E-state index contributed by atoms with van der Waals surface area (Å²) in [5, 5.41) is 13.4. The second kappa shape index (κ2) is 8.22. The molecule has 3 heterocycles. The largest absolute Gasteiger partial charge is 0.461 e. The number of para-hydroxylation sites is 1. The molecule has 1 aromatic carbocycles. The van der Waals surface area contributed by atoms with Gasteiger partial charge in [0.25, 0.3) is 0 Å². The van der Waals surface area contributed by atoms with Gasteiger partial charge in [-0.1, -0.05) is 48.5 Å². The van der Waals surface area contributed by atoms with E-state index in [2.05, 4.69) is 27.3 Å². The van der Waals surface area contributed by atoms with Gasteiger partial charge in [-0.25, -0.2) is 0 Å². The van der Waals surface area contributed by atoms with Gasteiger partial charge in [-0.05, 0) is 30.7 Å². The van der Waals surface area contributed by atoms with Crippen LogP contribution in [0.1, 0.15) is 31.5 Å². The van der Waals surface area contributed by atoms with Crippen molar-refractivity contribution in [2.24, 2.45) is 0 Å². The van der Waals surface area contributed by atoms with E-state index in [9.17, 15) is 0 Å². The molecular formula is C19H19N5O2S. The van der Waals surface area contributed by atoms with Crippen molar-refractivity contribution in [1.29, 1.82) is 0 Å². The summed E-state index contributed by atoms with van der Waals surface area (Å²) in [5.74, 6) is 3.20. The zero-order chi connectivity index (χ0) is 18.5. The molecule has 0 saturated carbocycles. The van der Waals surface area contributed by atoms with Gasteiger partial charge in [0, 0.05) is 12.1 Å². The lowest BCUT2D eigenvalue weighted by molar-refractivity contribution is 0.384. The molecule has 3 aromatic heterocycles. The fourth-order valence-corrected chi connectivity index (χ4v) is 3.44. The Kier molecular flexibility index (Phi) is 5.34. The first-order chi connectivity index (χ1) is 13.3. The van der Waals surface area contributed by atoms with Gasteiger partial charge in [-0.2, -0.15) is 4.98 Å². The van der Waals surface area contributed by atoms with E-state index in [1.165, 1.54) is 11.8 Å². The van der Waals surface area contributed by atoms with Crippen molar-refractivity contribution in [1.82, 2.24) is 24.9 Å². The van der Waals surface area contributed by atoms with E-state index in [0.29, 0.717) is 23.2 Å². The number of hydrogen-bond acceptors (Lipinski definition) is 7. The average Bonchev–Trinajstić information content (AvgIpc) is 3.45. The summed E-state index contributed by atoms with van der Waals surface area (Å²) < 4.78 is 12.8. The third-order valence-electron chi connectivity index (χ3n) is 3.98. The maximum Gasteiger partial charge on any atom is 0.237 e.